The fourth-order valence-electron chi connectivity index (χ4n) is 3.20. The van der Waals surface area contributed by atoms with Gasteiger partial charge in [0.2, 0.25) is 5.78 Å². The average Bonchev–Trinajstić information content (AvgIpc) is 2.58. The van der Waals surface area contributed by atoms with Crippen LogP contribution in [0.15, 0.2) is 12.7 Å². The summed E-state index contributed by atoms with van der Waals surface area (Å²) in [7, 11) is 2.13. The molecule has 1 aliphatic rings. The molecule has 3 unspecified atom stereocenters. The van der Waals surface area contributed by atoms with Gasteiger partial charge < -0.3 is 19.3 Å². The minimum atomic E-state index is -1.73. The van der Waals surface area contributed by atoms with Crippen molar-refractivity contribution in [3.63, 3.8) is 0 Å². The lowest BCUT2D eigenvalue weighted by atomic mass is 9.64. The van der Waals surface area contributed by atoms with Gasteiger partial charge in [-0.1, -0.05) is 6.08 Å². The maximum Gasteiger partial charge on any atom is 0.412 e. The molecule has 1 N–H and O–H groups in total. The van der Waals surface area contributed by atoms with Crippen LogP contribution in [0.3, 0.4) is 0 Å². The number of hydrogen-bond acceptors (Lipinski definition) is 8. The van der Waals surface area contributed by atoms with Crippen LogP contribution in [0, 0.1) is 11.3 Å². The van der Waals surface area contributed by atoms with Gasteiger partial charge in [-0.05, 0) is 33.6 Å². The Balaban J connectivity index is 3.38. The highest BCUT2D eigenvalue weighted by molar-refractivity contribution is 6.36. The molecule has 152 valence electrons. The minimum absolute atomic E-state index is 0.0803. The summed E-state index contributed by atoms with van der Waals surface area (Å²) in [5.41, 5.74) is -2.46. The topological polar surface area (TPSA) is 119 Å². The van der Waals surface area contributed by atoms with Gasteiger partial charge in [-0.15, -0.1) is 6.58 Å². The highest BCUT2D eigenvalue weighted by atomic mass is 16.6. The Labute approximate surface area is 158 Å². The number of carbonyl (C=O) groups excluding carboxylic acids is 4. The highest BCUT2D eigenvalue weighted by Gasteiger charge is 2.59. The van der Waals surface area contributed by atoms with Crippen LogP contribution in [0.2, 0.25) is 0 Å². The van der Waals surface area contributed by atoms with Crippen LogP contribution in [0.1, 0.15) is 33.6 Å². The van der Waals surface area contributed by atoms with E-state index < -0.39 is 47.0 Å². The van der Waals surface area contributed by atoms with E-state index >= 15 is 0 Å². The van der Waals surface area contributed by atoms with Crippen molar-refractivity contribution in [2.24, 2.45) is 11.3 Å². The van der Waals surface area contributed by atoms with Crippen LogP contribution in [-0.4, -0.2) is 66.4 Å². The Morgan fingerprint density at radius 2 is 1.81 bits per heavy atom. The van der Waals surface area contributed by atoms with Gasteiger partial charge in [-0.25, -0.2) is 9.59 Å². The third kappa shape index (κ3) is 4.65. The van der Waals surface area contributed by atoms with Crippen molar-refractivity contribution in [1.82, 2.24) is 4.90 Å². The minimum Gasteiger partial charge on any atom is -0.469 e. The maximum atomic E-state index is 12.7. The maximum absolute atomic E-state index is 12.7. The Bertz CT molecular complexity index is 623. The molecule has 1 rings (SSSR count). The van der Waals surface area contributed by atoms with Gasteiger partial charge in [-0.3, -0.25) is 14.5 Å². The number of aliphatic hydroxyl groups is 1. The molecule has 0 spiro atoms. The molecule has 0 aliphatic carbocycles. The quantitative estimate of drug-likeness (QED) is 0.323. The molecule has 0 bridgehead atoms. The fourth-order valence-corrected chi connectivity index (χ4v) is 3.20. The molecule has 0 aromatic heterocycles. The van der Waals surface area contributed by atoms with Crippen LogP contribution in [0.4, 0.5) is 4.79 Å². The molecule has 0 aromatic rings. The van der Waals surface area contributed by atoms with E-state index in [9.17, 15) is 24.3 Å². The Morgan fingerprint density at radius 3 is 2.26 bits per heavy atom. The van der Waals surface area contributed by atoms with Crippen LogP contribution in [0.5, 0.6) is 0 Å². The number of amides is 1. The lowest BCUT2D eigenvalue weighted by Crippen LogP contribution is -2.62. The van der Waals surface area contributed by atoms with Crippen LogP contribution < -0.4 is 0 Å². The molecule has 0 radical (unpaired) electrons. The van der Waals surface area contributed by atoms with E-state index in [1.165, 1.54) is 6.08 Å². The van der Waals surface area contributed by atoms with Crippen LogP contribution >= 0.6 is 0 Å². The highest BCUT2D eigenvalue weighted by Crippen LogP contribution is 2.45. The summed E-state index contributed by atoms with van der Waals surface area (Å²) < 4.78 is 14.5. The lowest BCUT2D eigenvalue weighted by Gasteiger charge is -2.47. The summed E-state index contributed by atoms with van der Waals surface area (Å²) in [4.78, 5) is 50.4. The first-order chi connectivity index (χ1) is 12.4. The normalized spacial score (nSPS) is 25.3. The van der Waals surface area contributed by atoms with E-state index in [2.05, 4.69) is 11.3 Å². The Hall–Kier alpha value is -2.42. The molecule has 9 heteroatoms. The van der Waals surface area contributed by atoms with Gasteiger partial charge in [0.05, 0.1) is 19.6 Å². The number of carbonyl (C=O) groups is 4. The summed E-state index contributed by atoms with van der Waals surface area (Å²) in [5, 5.41) is 10.7. The van der Waals surface area contributed by atoms with Gasteiger partial charge in [0.25, 0.3) is 0 Å². The number of ether oxygens (including phenoxy) is 3. The summed E-state index contributed by atoms with van der Waals surface area (Å²) in [6.07, 6.45) is -1.37. The van der Waals surface area contributed by atoms with Crippen molar-refractivity contribution < 1.29 is 38.5 Å². The van der Waals surface area contributed by atoms with E-state index in [0.717, 1.165) is 19.1 Å². The predicted molar refractivity (Wildman–Crippen MR) is 93.3 cm³/mol. The number of piperidine rings is 1. The number of ketones is 1. The van der Waals surface area contributed by atoms with Gasteiger partial charge in [0.15, 0.2) is 0 Å². The Morgan fingerprint density at radius 1 is 1.22 bits per heavy atom. The van der Waals surface area contributed by atoms with E-state index in [1.807, 2.05) is 0 Å². The van der Waals surface area contributed by atoms with Crippen molar-refractivity contribution >= 4 is 23.8 Å². The molecule has 1 fully saturated rings. The van der Waals surface area contributed by atoms with Gasteiger partial charge in [0.1, 0.15) is 17.7 Å². The van der Waals surface area contributed by atoms with Crippen LogP contribution in [-0.2, 0) is 28.6 Å². The number of Topliss-reactive ketones (excluding diaryl/α,β-unsaturated/α-hetero) is 1. The standard InChI is InChI=1S/C18H27NO8/c1-7-8-18(12(20)15(23)26-6)9-10-19(16(24)27-17(2,3)4)13(21)11(18)14(22)25-5/h7,11,13,21H,1,8-10H2,2-6H3. The number of likely N-dealkylation sites (tertiary alicyclic amines) is 1. The molecule has 9 nitrogen and oxygen atoms in total. The summed E-state index contributed by atoms with van der Waals surface area (Å²) in [6, 6.07) is 0. The second-order valence-electron chi connectivity index (χ2n) is 7.31. The zero-order valence-electron chi connectivity index (χ0n) is 16.3. The first kappa shape index (κ1) is 22.6. The largest absolute Gasteiger partial charge is 0.469 e. The number of nitrogens with zero attached hydrogens (tertiary/aromatic N) is 1. The van der Waals surface area contributed by atoms with Crippen molar-refractivity contribution in [2.75, 3.05) is 20.8 Å². The molecule has 1 saturated heterocycles. The van der Waals surface area contributed by atoms with E-state index in [1.54, 1.807) is 20.8 Å². The number of methoxy groups -OCH3 is 2. The number of allylic oxidation sites excluding steroid dienone is 1. The number of rotatable bonds is 5. The summed E-state index contributed by atoms with van der Waals surface area (Å²) in [5.74, 6) is -4.57. The second-order valence-corrected chi connectivity index (χ2v) is 7.31. The van der Waals surface area contributed by atoms with Crippen molar-refractivity contribution in [2.45, 2.75) is 45.4 Å². The molecular formula is C18H27NO8. The fraction of sp³-hybridized carbons (Fsp3) is 0.667. The average molecular weight is 385 g/mol. The summed E-state index contributed by atoms with van der Waals surface area (Å²) in [6.45, 7) is 8.42. The van der Waals surface area contributed by atoms with E-state index in [4.69, 9.17) is 9.47 Å². The number of hydrogen-bond donors (Lipinski definition) is 1. The van der Waals surface area contributed by atoms with E-state index in [-0.39, 0.29) is 19.4 Å². The molecule has 27 heavy (non-hydrogen) atoms. The first-order valence-corrected chi connectivity index (χ1v) is 8.44. The van der Waals surface area contributed by atoms with Crippen molar-refractivity contribution in [3.8, 4) is 0 Å². The third-order valence-electron chi connectivity index (χ3n) is 4.43. The molecule has 0 aromatic carbocycles. The SMILES string of the molecule is C=CCC1(C(=O)C(=O)OC)CCN(C(=O)OC(C)(C)C)C(O)C1C(=O)OC. The second kappa shape index (κ2) is 8.51. The predicted octanol–water partition coefficient (Wildman–Crippen LogP) is 1.04. The third-order valence-corrected chi connectivity index (χ3v) is 4.43. The zero-order chi connectivity index (χ0) is 21.0. The summed E-state index contributed by atoms with van der Waals surface area (Å²) >= 11 is 0. The van der Waals surface area contributed by atoms with Crippen LogP contribution in [0.25, 0.3) is 0 Å². The lowest BCUT2D eigenvalue weighted by molar-refractivity contribution is -0.183. The molecule has 1 heterocycles. The molecule has 1 aliphatic heterocycles. The molecule has 1 amide bonds. The van der Waals surface area contributed by atoms with E-state index in [0.29, 0.717) is 0 Å². The molecular weight excluding hydrogens is 358 g/mol. The van der Waals surface area contributed by atoms with Gasteiger partial charge >= 0.3 is 18.0 Å². The molecule has 3 atom stereocenters. The Kier molecular flexibility index (Phi) is 7.13. The first-order valence-electron chi connectivity index (χ1n) is 8.44. The van der Waals surface area contributed by atoms with Gasteiger partial charge in [0, 0.05) is 6.54 Å². The smallest absolute Gasteiger partial charge is 0.412 e. The van der Waals surface area contributed by atoms with Crippen molar-refractivity contribution in [3.05, 3.63) is 12.7 Å². The zero-order valence-corrected chi connectivity index (χ0v) is 16.3. The molecule has 0 saturated carbocycles. The number of esters is 2. The number of aliphatic hydroxyl groups excluding tert-OH is 1. The van der Waals surface area contributed by atoms with Crippen molar-refractivity contribution in [1.29, 1.82) is 0 Å². The van der Waals surface area contributed by atoms with Gasteiger partial charge in [-0.2, -0.15) is 0 Å². The monoisotopic (exact) mass is 385 g/mol.